The fourth-order valence-corrected chi connectivity index (χ4v) is 2.35. The predicted octanol–water partition coefficient (Wildman–Crippen LogP) is 0.587. The molecule has 0 aromatic heterocycles. The van der Waals surface area contributed by atoms with Crippen LogP contribution in [0.1, 0.15) is 6.92 Å². The molecule has 2 aliphatic rings. The van der Waals surface area contributed by atoms with Gasteiger partial charge in [0.05, 0.1) is 24.5 Å². The highest BCUT2D eigenvalue weighted by Crippen LogP contribution is 2.27. The molecule has 0 bridgehead atoms. The Kier molecular flexibility index (Phi) is 4.02. The van der Waals surface area contributed by atoms with Gasteiger partial charge >= 0.3 is 6.09 Å². The summed E-state index contributed by atoms with van der Waals surface area (Å²) in [4.78, 5) is 24.2. The molecule has 1 aromatic carbocycles. The van der Waals surface area contributed by atoms with E-state index in [0.717, 1.165) is 0 Å². The number of hydrogen-bond donors (Lipinski definition) is 3. The van der Waals surface area contributed by atoms with Crippen molar-refractivity contribution in [1.29, 1.82) is 0 Å². The minimum atomic E-state index is -0.562. The number of carbonyl (C=O) groups excluding carboxylic acids is 2. The molecular weight excluding hydrogens is 305 g/mol. The van der Waals surface area contributed by atoms with Crippen molar-refractivity contribution in [2.45, 2.75) is 13.0 Å². The number of hydrogen-bond acceptors (Lipinski definition) is 6. The summed E-state index contributed by atoms with van der Waals surface area (Å²) in [6.45, 7) is 1.87. The molecule has 122 valence electrons. The first kappa shape index (κ1) is 15.1. The second-order valence-electron chi connectivity index (χ2n) is 5.13. The molecule has 1 saturated heterocycles. The maximum Gasteiger partial charge on any atom is 0.414 e. The normalized spacial score (nSPS) is 19.7. The summed E-state index contributed by atoms with van der Waals surface area (Å²) in [5, 5.41) is 4.06. The maximum atomic E-state index is 14.3. The van der Waals surface area contributed by atoms with Crippen molar-refractivity contribution in [3.63, 3.8) is 0 Å². The highest BCUT2D eigenvalue weighted by Gasteiger charge is 2.32. The van der Waals surface area contributed by atoms with E-state index in [2.05, 4.69) is 16.3 Å². The molecule has 3 rings (SSSR count). The number of amides is 2. The van der Waals surface area contributed by atoms with Gasteiger partial charge in [0, 0.05) is 19.3 Å². The number of rotatable bonds is 4. The fraction of sp³-hybridized carbons (Fsp3) is 0.286. The molecule has 23 heavy (non-hydrogen) atoms. The maximum absolute atomic E-state index is 14.3. The van der Waals surface area contributed by atoms with Gasteiger partial charge in [-0.05, 0) is 18.2 Å². The van der Waals surface area contributed by atoms with Gasteiger partial charge in [-0.2, -0.15) is 0 Å². The van der Waals surface area contributed by atoms with E-state index in [1.54, 1.807) is 24.5 Å². The lowest BCUT2D eigenvalue weighted by molar-refractivity contribution is -0.119. The number of cyclic esters (lactones) is 1. The monoisotopic (exact) mass is 321 g/mol. The average molecular weight is 321 g/mol. The van der Waals surface area contributed by atoms with Gasteiger partial charge in [0.1, 0.15) is 11.9 Å². The van der Waals surface area contributed by atoms with E-state index in [4.69, 9.17) is 4.74 Å². The third-order valence-corrected chi connectivity index (χ3v) is 3.45. The van der Waals surface area contributed by atoms with Crippen LogP contribution in [-0.2, 0) is 9.53 Å². The van der Waals surface area contributed by atoms with Crippen molar-refractivity contribution in [3.05, 3.63) is 36.4 Å². The van der Waals surface area contributed by atoms with Crippen molar-refractivity contribution in [1.82, 2.24) is 16.3 Å². The van der Waals surface area contributed by atoms with Crippen LogP contribution >= 0.6 is 0 Å². The van der Waals surface area contributed by atoms with Gasteiger partial charge in [-0.25, -0.2) is 9.18 Å². The number of halogens is 1. The zero-order valence-electron chi connectivity index (χ0n) is 12.4. The topological polar surface area (TPSA) is 85.9 Å². The molecule has 0 radical (unpaired) electrons. The Hall–Kier alpha value is -2.81. The Morgan fingerprint density at radius 3 is 3.00 bits per heavy atom. The highest BCUT2D eigenvalue weighted by molar-refractivity contribution is 5.90. The first-order valence-corrected chi connectivity index (χ1v) is 7.04. The van der Waals surface area contributed by atoms with Crippen LogP contribution in [0.5, 0.6) is 0 Å². The third-order valence-electron chi connectivity index (χ3n) is 3.45. The molecular formula is C14H16FN5O3. The molecule has 3 N–H and O–H groups in total. The summed E-state index contributed by atoms with van der Waals surface area (Å²) < 4.78 is 19.4. The van der Waals surface area contributed by atoms with E-state index in [1.807, 2.05) is 0 Å². The second-order valence-corrected chi connectivity index (χ2v) is 5.13. The van der Waals surface area contributed by atoms with Gasteiger partial charge in [-0.1, -0.05) is 0 Å². The number of ether oxygens (including phenoxy) is 1. The number of nitrogens with one attached hydrogen (secondary N) is 3. The zero-order valence-corrected chi connectivity index (χ0v) is 12.4. The van der Waals surface area contributed by atoms with Gasteiger partial charge in [0.15, 0.2) is 0 Å². The number of hydrazine groups is 2. The minimum absolute atomic E-state index is 0.199. The van der Waals surface area contributed by atoms with Crippen molar-refractivity contribution < 1.29 is 18.7 Å². The molecule has 0 spiro atoms. The van der Waals surface area contributed by atoms with Crippen molar-refractivity contribution in [3.8, 4) is 0 Å². The molecule has 0 saturated carbocycles. The van der Waals surface area contributed by atoms with Crippen LogP contribution < -0.4 is 26.2 Å². The first-order valence-electron chi connectivity index (χ1n) is 7.04. The smallest absolute Gasteiger partial charge is 0.414 e. The van der Waals surface area contributed by atoms with Gasteiger partial charge < -0.3 is 15.5 Å². The number of carbonyl (C=O) groups is 2. The SMILES string of the molecule is CC(=O)NC[C@H]1CN(c2ccc(N3C=CNN3)c(F)c2)C(=O)O1. The molecule has 1 aromatic rings. The Morgan fingerprint density at radius 2 is 2.35 bits per heavy atom. The summed E-state index contributed by atoms with van der Waals surface area (Å²) >= 11 is 0. The highest BCUT2D eigenvalue weighted by atomic mass is 19.1. The largest absolute Gasteiger partial charge is 0.442 e. The van der Waals surface area contributed by atoms with Crippen LogP contribution in [0, 0.1) is 5.82 Å². The van der Waals surface area contributed by atoms with Crippen molar-refractivity contribution >= 4 is 23.4 Å². The van der Waals surface area contributed by atoms with E-state index in [9.17, 15) is 14.0 Å². The van der Waals surface area contributed by atoms with Gasteiger partial charge in [0.25, 0.3) is 0 Å². The zero-order chi connectivity index (χ0) is 16.4. The van der Waals surface area contributed by atoms with Crippen LogP contribution in [-0.4, -0.2) is 31.2 Å². The van der Waals surface area contributed by atoms with Crippen LogP contribution in [0.3, 0.4) is 0 Å². The van der Waals surface area contributed by atoms with Crippen molar-refractivity contribution in [2.75, 3.05) is 23.0 Å². The van der Waals surface area contributed by atoms with Gasteiger partial charge in [0.2, 0.25) is 5.91 Å². The molecule has 1 atom stereocenters. The van der Waals surface area contributed by atoms with Crippen LogP contribution in [0.4, 0.5) is 20.6 Å². The minimum Gasteiger partial charge on any atom is -0.442 e. The quantitative estimate of drug-likeness (QED) is 0.752. The molecule has 9 heteroatoms. The number of anilines is 2. The Bertz CT molecular complexity index is 666. The Morgan fingerprint density at radius 1 is 1.52 bits per heavy atom. The van der Waals surface area contributed by atoms with Crippen LogP contribution in [0.2, 0.25) is 0 Å². The van der Waals surface area contributed by atoms with E-state index in [-0.39, 0.29) is 19.0 Å². The summed E-state index contributed by atoms with van der Waals surface area (Å²) in [7, 11) is 0. The molecule has 8 nitrogen and oxygen atoms in total. The first-order chi connectivity index (χ1) is 11.0. The lowest BCUT2D eigenvalue weighted by Gasteiger charge is -2.18. The standard InChI is InChI=1S/C14H16FN5O3/c1-9(21)16-7-11-8-19(14(22)23-11)10-2-3-13(12(15)6-10)20-5-4-17-18-20/h2-6,11,17-18H,7-8H2,1H3,(H,16,21)/t11-/m0/s1. The number of benzene rings is 1. The van der Waals surface area contributed by atoms with E-state index < -0.39 is 18.0 Å². The van der Waals surface area contributed by atoms with Crippen molar-refractivity contribution in [2.24, 2.45) is 0 Å². The molecule has 1 fully saturated rings. The molecule has 2 heterocycles. The average Bonchev–Trinajstić information content (AvgIpc) is 3.14. The van der Waals surface area contributed by atoms with Gasteiger partial charge in [-0.3, -0.25) is 14.7 Å². The van der Waals surface area contributed by atoms with Crippen LogP contribution in [0.15, 0.2) is 30.6 Å². The summed E-state index contributed by atoms with van der Waals surface area (Å²) in [5.41, 5.74) is 6.16. The third kappa shape index (κ3) is 3.19. The lowest BCUT2D eigenvalue weighted by atomic mass is 10.2. The molecule has 2 aliphatic heterocycles. The molecule has 0 aliphatic carbocycles. The predicted molar refractivity (Wildman–Crippen MR) is 80.6 cm³/mol. The summed E-state index contributed by atoms with van der Waals surface area (Å²) in [5.74, 6) is -0.684. The fourth-order valence-electron chi connectivity index (χ4n) is 2.35. The van der Waals surface area contributed by atoms with E-state index >= 15 is 0 Å². The molecule has 0 unspecified atom stereocenters. The Balaban J connectivity index is 1.71. The molecule has 2 amide bonds. The summed E-state index contributed by atoms with van der Waals surface area (Å²) in [6.07, 6.45) is 2.23. The number of nitrogens with zero attached hydrogens (tertiary/aromatic N) is 2. The summed E-state index contributed by atoms with van der Waals surface area (Å²) in [6, 6.07) is 4.46. The van der Waals surface area contributed by atoms with Gasteiger partial charge in [-0.15, -0.1) is 5.53 Å². The van der Waals surface area contributed by atoms with E-state index in [0.29, 0.717) is 11.4 Å². The van der Waals surface area contributed by atoms with E-state index in [1.165, 1.54) is 22.9 Å². The Labute approximate surface area is 131 Å². The second kappa shape index (κ2) is 6.13. The van der Waals surface area contributed by atoms with Crippen LogP contribution in [0.25, 0.3) is 0 Å². The lowest BCUT2D eigenvalue weighted by Crippen LogP contribution is -2.36.